The molecule has 3 nitrogen and oxygen atoms in total. The van der Waals surface area contributed by atoms with Crippen LogP contribution in [0, 0.1) is 0 Å². The summed E-state index contributed by atoms with van der Waals surface area (Å²) in [5.74, 6) is 1.75. The van der Waals surface area contributed by atoms with Gasteiger partial charge in [-0.2, -0.15) is 0 Å². The molecular weight excluding hydrogens is 240 g/mol. The van der Waals surface area contributed by atoms with Gasteiger partial charge in [0.1, 0.15) is 11.5 Å². The van der Waals surface area contributed by atoms with E-state index >= 15 is 0 Å². The Morgan fingerprint density at radius 2 is 2.16 bits per heavy atom. The fraction of sp³-hybridized carbons (Fsp3) is 0.375. The summed E-state index contributed by atoms with van der Waals surface area (Å²) in [5.41, 5.74) is 1.13. The predicted octanol–water partition coefficient (Wildman–Crippen LogP) is 3.05. The van der Waals surface area contributed by atoms with Gasteiger partial charge in [0, 0.05) is 18.4 Å². The second kappa shape index (κ2) is 4.74. The molecule has 1 heterocycles. The van der Waals surface area contributed by atoms with Gasteiger partial charge in [-0.05, 0) is 30.5 Å². The van der Waals surface area contributed by atoms with Crippen LogP contribution in [0.2, 0.25) is 0 Å². The number of benzene rings is 1. The minimum absolute atomic E-state index is 0.559. The molecule has 0 bridgehead atoms. The highest BCUT2D eigenvalue weighted by atomic mass is 16.5. The molecule has 1 aromatic heterocycles. The maximum atomic E-state index is 11.0. The largest absolute Gasteiger partial charge is 0.496 e. The van der Waals surface area contributed by atoms with Gasteiger partial charge >= 0.3 is 0 Å². The van der Waals surface area contributed by atoms with Crippen LogP contribution in [-0.4, -0.2) is 12.2 Å². The Kier molecular flexibility index (Phi) is 3.07. The van der Waals surface area contributed by atoms with Gasteiger partial charge in [-0.3, -0.25) is 0 Å². The number of furan rings is 1. The third kappa shape index (κ3) is 2.15. The van der Waals surface area contributed by atoms with Gasteiger partial charge in [0.25, 0.3) is 0 Å². The first-order chi connectivity index (χ1) is 9.23. The first-order valence-corrected chi connectivity index (χ1v) is 6.64. The van der Waals surface area contributed by atoms with Crippen molar-refractivity contribution in [1.29, 1.82) is 0 Å². The topological polar surface area (TPSA) is 42.6 Å². The van der Waals surface area contributed by atoms with Crippen molar-refractivity contribution in [3.8, 4) is 5.75 Å². The lowest BCUT2D eigenvalue weighted by Crippen LogP contribution is -2.32. The number of hydrogen-bond donors (Lipinski definition) is 1. The summed E-state index contributed by atoms with van der Waals surface area (Å²) in [7, 11) is 1.66. The Morgan fingerprint density at radius 1 is 1.32 bits per heavy atom. The molecule has 1 aliphatic rings. The van der Waals surface area contributed by atoms with Crippen molar-refractivity contribution in [2.24, 2.45) is 0 Å². The number of methoxy groups -OCH3 is 1. The third-order valence-corrected chi connectivity index (χ3v) is 3.92. The van der Waals surface area contributed by atoms with Crippen LogP contribution in [0.4, 0.5) is 0 Å². The van der Waals surface area contributed by atoms with Crippen LogP contribution in [-0.2, 0) is 18.4 Å². The monoisotopic (exact) mass is 258 g/mol. The van der Waals surface area contributed by atoms with Crippen LogP contribution < -0.4 is 4.74 Å². The quantitative estimate of drug-likeness (QED) is 0.920. The van der Waals surface area contributed by atoms with Crippen LogP contribution in [0.5, 0.6) is 5.75 Å². The highest BCUT2D eigenvalue weighted by Gasteiger charge is 2.36. The molecule has 1 N–H and O–H groups in total. The predicted molar refractivity (Wildman–Crippen MR) is 72.2 cm³/mol. The normalized spacial score (nSPS) is 22.0. The summed E-state index contributed by atoms with van der Waals surface area (Å²) in [6.45, 7) is 0. The van der Waals surface area contributed by atoms with Gasteiger partial charge in [-0.15, -0.1) is 0 Å². The summed E-state index contributed by atoms with van der Waals surface area (Å²) in [6, 6.07) is 9.74. The maximum absolute atomic E-state index is 11.0. The van der Waals surface area contributed by atoms with E-state index in [0.717, 1.165) is 41.9 Å². The molecule has 1 atom stereocenters. The second-order valence-electron chi connectivity index (χ2n) is 5.13. The molecule has 1 aromatic carbocycles. The zero-order chi connectivity index (χ0) is 13.3. The molecular formula is C16H18O3. The van der Waals surface area contributed by atoms with Crippen molar-refractivity contribution in [1.82, 2.24) is 0 Å². The fourth-order valence-corrected chi connectivity index (χ4v) is 2.97. The van der Waals surface area contributed by atoms with Gasteiger partial charge in [0.2, 0.25) is 0 Å². The first kappa shape index (κ1) is 12.3. The number of rotatable bonds is 3. The molecule has 100 valence electrons. The summed E-state index contributed by atoms with van der Waals surface area (Å²) in [4.78, 5) is 0. The summed E-state index contributed by atoms with van der Waals surface area (Å²) in [5, 5.41) is 11.0. The molecule has 0 radical (unpaired) electrons. The molecule has 19 heavy (non-hydrogen) atoms. The molecule has 0 saturated carbocycles. The average Bonchev–Trinajstić information content (AvgIpc) is 2.89. The number of para-hydroxylation sites is 1. The number of aliphatic hydroxyl groups is 1. The highest BCUT2D eigenvalue weighted by Crippen LogP contribution is 2.39. The van der Waals surface area contributed by atoms with E-state index in [2.05, 4.69) is 0 Å². The smallest absolute Gasteiger partial charge is 0.122 e. The van der Waals surface area contributed by atoms with E-state index in [1.165, 1.54) is 0 Å². The molecule has 3 heteroatoms. The molecule has 1 unspecified atom stereocenters. The number of fused-ring (bicyclic) bond motifs is 1. The third-order valence-electron chi connectivity index (χ3n) is 3.92. The molecule has 0 amide bonds. The van der Waals surface area contributed by atoms with Crippen LogP contribution in [0.3, 0.4) is 0 Å². The Bertz CT molecular complexity index is 573. The van der Waals surface area contributed by atoms with E-state index in [9.17, 15) is 5.11 Å². The van der Waals surface area contributed by atoms with Gasteiger partial charge in [0.15, 0.2) is 0 Å². The minimum atomic E-state index is -0.838. The van der Waals surface area contributed by atoms with E-state index in [0.29, 0.717) is 6.42 Å². The summed E-state index contributed by atoms with van der Waals surface area (Å²) < 4.78 is 10.8. The van der Waals surface area contributed by atoms with Crippen molar-refractivity contribution in [3.05, 3.63) is 53.5 Å². The van der Waals surface area contributed by atoms with E-state index in [1.807, 2.05) is 30.3 Å². The Morgan fingerprint density at radius 3 is 3.00 bits per heavy atom. The standard InChI is InChI=1S/C16H18O3/c1-18-14-6-3-2-5-12(14)11-16(17)9-4-7-15-13(16)8-10-19-15/h2-3,5-6,8,10,17H,4,7,9,11H2,1H3. The van der Waals surface area contributed by atoms with Crippen molar-refractivity contribution in [2.45, 2.75) is 31.3 Å². The van der Waals surface area contributed by atoms with E-state index in [-0.39, 0.29) is 0 Å². The SMILES string of the molecule is COc1ccccc1CC1(O)CCCc2occc21. The van der Waals surface area contributed by atoms with E-state index < -0.39 is 5.60 Å². The van der Waals surface area contributed by atoms with Crippen molar-refractivity contribution >= 4 is 0 Å². The zero-order valence-corrected chi connectivity index (χ0v) is 11.1. The van der Waals surface area contributed by atoms with E-state index in [4.69, 9.17) is 9.15 Å². The Labute approximate surface area is 112 Å². The van der Waals surface area contributed by atoms with E-state index in [1.54, 1.807) is 13.4 Å². The number of hydrogen-bond acceptors (Lipinski definition) is 3. The lowest BCUT2D eigenvalue weighted by Gasteiger charge is -2.32. The number of aryl methyl sites for hydroxylation is 1. The zero-order valence-electron chi connectivity index (χ0n) is 11.1. The van der Waals surface area contributed by atoms with Crippen molar-refractivity contribution < 1.29 is 14.3 Å². The molecule has 0 fully saturated rings. The molecule has 1 aliphatic carbocycles. The molecule has 0 saturated heterocycles. The summed E-state index contributed by atoms with van der Waals surface area (Å²) >= 11 is 0. The number of ether oxygens (including phenoxy) is 1. The van der Waals surface area contributed by atoms with Crippen LogP contribution in [0.15, 0.2) is 41.0 Å². The van der Waals surface area contributed by atoms with Gasteiger partial charge in [0.05, 0.1) is 19.0 Å². The molecule has 0 spiro atoms. The maximum Gasteiger partial charge on any atom is 0.122 e. The molecule has 0 aliphatic heterocycles. The lowest BCUT2D eigenvalue weighted by molar-refractivity contribution is 0.0163. The van der Waals surface area contributed by atoms with Gasteiger partial charge in [-0.1, -0.05) is 18.2 Å². The molecule has 2 aromatic rings. The summed E-state index contributed by atoms with van der Waals surface area (Å²) in [6.07, 6.45) is 4.85. The second-order valence-corrected chi connectivity index (χ2v) is 5.13. The lowest BCUT2D eigenvalue weighted by atomic mass is 9.79. The highest BCUT2D eigenvalue weighted by molar-refractivity contribution is 5.37. The minimum Gasteiger partial charge on any atom is -0.496 e. The Balaban J connectivity index is 1.95. The van der Waals surface area contributed by atoms with Gasteiger partial charge < -0.3 is 14.3 Å². The van der Waals surface area contributed by atoms with Crippen molar-refractivity contribution in [2.75, 3.05) is 7.11 Å². The first-order valence-electron chi connectivity index (χ1n) is 6.64. The van der Waals surface area contributed by atoms with Crippen molar-refractivity contribution in [3.63, 3.8) is 0 Å². The average molecular weight is 258 g/mol. The van der Waals surface area contributed by atoms with Gasteiger partial charge in [-0.25, -0.2) is 0 Å². The molecule has 3 rings (SSSR count). The van der Waals surface area contributed by atoms with Crippen LogP contribution >= 0.6 is 0 Å². The van der Waals surface area contributed by atoms with Crippen LogP contribution in [0.25, 0.3) is 0 Å². The Hall–Kier alpha value is -1.74. The van der Waals surface area contributed by atoms with Crippen LogP contribution in [0.1, 0.15) is 29.7 Å². The fourth-order valence-electron chi connectivity index (χ4n) is 2.97.